The topological polar surface area (TPSA) is 26.3 Å². The minimum Gasteiger partial charge on any atom is -0.464 e. The van der Waals surface area contributed by atoms with Crippen molar-refractivity contribution in [3.05, 3.63) is 146 Å². The molecule has 0 radical (unpaired) electrons. The van der Waals surface area contributed by atoms with Gasteiger partial charge in [0, 0.05) is 10.8 Å². The van der Waals surface area contributed by atoms with Crippen molar-refractivity contribution in [3.63, 3.8) is 0 Å². The Morgan fingerprint density at radius 1 is 0.381 bits per heavy atom. The van der Waals surface area contributed by atoms with Gasteiger partial charge in [-0.25, -0.2) is 0 Å². The molecule has 0 amide bonds. The molecule has 0 aliphatic carbocycles. The molecule has 42 heavy (non-hydrogen) atoms. The number of benzene rings is 7. The molecule has 2 heterocycles. The maximum atomic E-state index is 6.50. The second kappa shape index (κ2) is 8.95. The molecule has 0 saturated carbocycles. The predicted octanol–water partition coefficient (Wildman–Crippen LogP) is 11.6. The summed E-state index contributed by atoms with van der Waals surface area (Å²) in [6.07, 6.45) is 1.73. The summed E-state index contributed by atoms with van der Waals surface area (Å²) in [5.41, 5.74) is 9.88. The van der Waals surface area contributed by atoms with Crippen molar-refractivity contribution < 1.29 is 8.83 Å². The second-order valence-corrected chi connectivity index (χ2v) is 10.8. The first-order valence-corrected chi connectivity index (χ1v) is 14.3. The third kappa shape index (κ3) is 3.33. The van der Waals surface area contributed by atoms with Crippen molar-refractivity contribution in [2.24, 2.45) is 0 Å². The first kappa shape index (κ1) is 23.1. The zero-order valence-corrected chi connectivity index (χ0v) is 22.7. The van der Waals surface area contributed by atoms with Crippen molar-refractivity contribution in [3.8, 4) is 33.4 Å². The van der Waals surface area contributed by atoms with Crippen molar-refractivity contribution in [2.45, 2.75) is 0 Å². The number of hydrogen-bond acceptors (Lipinski definition) is 2. The van der Waals surface area contributed by atoms with Gasteiger partial charge < -0.3 is 8.83 Å². The Bertz CT molecular complexity index is 2400. The molecule has 7 aromatic carbocycles. The van der Waals surface area contributed by atoms with E-state index in [9.17, 15) is 0 Å². The maximum Gasteiger partial charge on any atom is 0.146 e. The van der Waals surface area contributed by atoms with Crippen LogP contribution in [0, 0.1) is 0 Å². The molecule has 0 atom stereocenters. The normalized spacial score (nSPS) is 11.8. The fraction of sp³-hybridized carbons (Fsp3) is 0. The zero-order valence-electron chi connectivity index (χ0n) is 22.7. The van der Waals surface area contributed by atoms with Crippen LogP contribution in [0.4, 0.5) is 0 Å². The van der Waals surface area contributed by atoms with Gasteiger partial charge in [-0.15, -0.1) is 0 Å². The molecule has 0 unspecified atom stereocenters. The Balaban J connectivity index is 1.39. The SMILES string of the molecule is c1ccc(-c2cccc(-c3c4ccccc4c(-c4cccc5oc6c7ccoc7ccc6c45)c4ccccc34)c2)cc1. The van der Waals surface area contributed by atoms with E-state index in [1.54, 1.807) is 6.26 Å². The van der Waals surface area contributed by atoms with E-state index >= 15 is 0 Å². The summed E-state index contributed by atoms with van der Waals surface area (Å²) in [6, 6.07) is 49.7. The lowest BCUT2D eigenvalue weighted by atomic mass is 9.84. The fourth-order valence-electron chi connectivity index (χ4n) is 6.75. The summed E-state index contributed by atoms with van der Waals surface area (Å²) in [5, 5.41) is 8.15. The molecule has 2 aromatic heterocycles. The molecule has 0 saturated heterocycles. The lowest BCUT2D eigenvalue weighted by Gasteiger charge is -2.18. The summed E-state index contributed by atoms with van der Waals surface area (Å²) in [5.74, 6) is 0. The first-order chi connectivity index (χ1) is 20.8. The number of hydrogen-bond donors (Lipinski definition) is 0. The Morgan fingerprint density at radius 2 is 1.02 bits per heavy atom. The molecule has 2 heteroatoms. The lowest BCUT2D eigenvalue weighted by molar-refractivity contribution is 0.615. The summed E-state index contributed by atoms with van der Waals surface area (Å²) in [7, 11) is 0. The van der Waals surface area contributed by atoms with Gasteiger partial charge in [-0.2, -0.15) is 0 Å². The van der Waals surface area contributed by atoms with Gasteiger partial charge in [-0.05, 0) is 85.3 Å². The summed E-state index contributed by atoms with van der Waals surface area (Å²) in [4.78, 5) is 0. The molecule has 9 aromatic rings. The van der Waals surface area contributed by atoms with Crippen LogP contribution >= 0.6 is 0 Å². The third-order valence-corrected chi connectivity index (χ3v) is 8.55. The maximum absolute atomic E-state index is 6.50. The smallest absolute Gasteiger partial charge is 0.146 e. The molecule has 196 valence electrons. The highest BCUT2D eigenvalue weighted by atomic mass is 16.3. The molecule has 2 nitrogen and oxygen atoms in total. The summed E-state index contributed by atoms with van der Waals surface area (Å²) < 4.78 is 12.2. The van der Waals surface area contributed by atoms with Crippen molar-refractivity contribution in [1.82, 2.24) is 0 Å². The average Bonchev–Trinajstić information content (AvgIpc) is 3.69. The summed E-state index contributed by atoms with van der Waals surface area (Å²) >= 11 is 0. The van der Waals surface area contributed by atoms with E-state index in [4.69, 9.17) is 8.83 Å². The molecular weight excluding hydrogens is 512 g/mol. The molecule has 0 N–H and O–H groups in total. The Morgan fingerprint density at radius 3 is 1.79 bits per heavy atom. The molecule has 0 aliphatic heterocycles. The monoisotopic (exact) mass is 536 g/mol. The van der Waals surface area contributed by atoms with Gasteiger partial charge in [0.25, 0.3) is 0 Å². The van der Waals surface area contributed by atoms with Crippen LogP contribution in [0.2, 0.25) is 0 Å². The van der Waals surface area contributed by atoms with Crippen molar-refractivity contribution in [2.75, 3.05) is 0 Å². The minimum absolute atomic E-state index is 0.834. The minimum atomic E-state index is 0.834. The number of rotatable bonds is 3. The van der Waals surface area contributed by atoms with E-state index in [1.165, 1.54) is 54.9 Å². The standard InChI is InChI=1S/C40H24O2/c1-2-10-25(11-3-1)26-12-8-13-27(24-26)37-28-14-4-6-16-30(28)38(31-17-7-5-15-29(31)37)33-18-9-19-36-39(33)34-20-21-35-32(22-23-41-35)40(34)42-36/h1-24H. The van der Waals surface area contributed by atoms with E-state index in [-0.39, 0.29) is 0 Å². The van der Waals surface area contributed by atoms with Crippen LogP contribution in [-0.2, 0) is 0 Å². The van der Waals surface area contributed by atoms with E-state index in [0.717, 1.165) is 32.9 Å². The highest BCUT2D eigenvalue weighted by molar-refractivity contribution is 6.26. The van der Waals surface area contributed by atoms with Gasteiger partial charge in [0.05, 0.1) is 11.6 Å². The Labute approximate surface area is 242 Å². The molecular formula is C40H24O2. The highest BCUT2D eigenvalue weighted by Gasteiger charge is 2.21. The largest absolute Gasteiger partial charge is 0.464 e. The second-order valence-electron chi connectivity index (χ2n) is 10.8. The Kier molecular flexibility index (Phi) is 4.93. The van der Waals surface area contributed by atoms with Crippen LogP contribution in [0.25, 0.3) is 87.8 Å². The van der Waals surface area contributed by atoms with Gasteiger partial charge in [-0.3, -0.25) is 0 Å². The molecule has 0 bridgehead atoms. The Hall–Kier alpha value is -5.60. The third-order valence-electron chi connectivity index (χ3n) is 8.55. The van der Waals surface area contributed by atoms with E-state index in [1.807, 2.05) is 12.1 Å². The van der Waals surface area contributed by atoms with Gasteiger partial charge in [0.1, 0.15) is 16.7 Å². The van der Waals surface area contributed by atoms with Crippen LogP contribution in [0.15, 0.2) is 155 Å². The predicted molar refractivity (Wildman–Crippen MR) is 175 cm³/mol. The quantitative estimate of drug-likeness (QED) is 0.210. The van der Waals surface area contributed by atoms with Crippen LogP contribution in [0.1, 0.15) is 0 Å². The average molecular weight is 537 g/mol. The molecule has 0 fully saturated rings. The van der Waals surface area contributed by atoms with Crippen molar-refractivity contribution in [1.29, 1.82) is 0 Å². The van der Waals surface area contributed by atoms with Crippen LogP contribution in [0.5, 0.6) is 0 Å². The highest BCUT2D eigenvalue weighted by Crippen LogP contribution is 2.47. The van der Waals surface area contributed by atoms with Gasteiger partial charge in [-0.1, -0.05) is 109 Å². The number of fused-ring (bicyclic) bond motifs is 7. The van der Waals surface area contributed by atoms with Crippen LogP contribution < -0.4 is 0 Å². The zero-order chi connectivity index (χ0) is 27.6. The van der Waals surface area contributed by atoms with Gasteiger partial charge in [0.15, 0.2) is 0 Å². The first-order valence-electron chi connectivity index (χ1n) is 14.3. The van der Waals surface area contributed by atoms with Crippen LogP contribution in [-0.4, -0.2) is 0 Å². The summed E-state index contributed by atoms with van der Waals surface area (Å²) in [6.45, 7) is 0. The van der Waals surface area contributed by atoms with Gasteiger partial charge >= 0.3 is 0 Å². The van der Waals surface area contributed by atoms with E-state index < -0.39 is 0 Å². The number of furan rings is 2. The molecule has 9 rings (SSSR count). The molecule has 0 aliphatic rings. The van der Waals surface area contributed by atoms with Crippen molar-refractivity contribution >= 4 is 54.5 Å². The fourth-order valence-corrected chi connectivity index (χ4v) is 6.75. The van der Waals surface area contributed by atoms with Crippen LogP contribution in [0.3, 0.4) is 0 Å². The van der Waals surface area contributed by atoms with E-state index in [2.05, 4.69) is 127 Å². The lowest BCUT2D eigenvalue weighted by Crippen LogP contribution is -1.91. The molecule has 0 spiro atoms. The van der Waals surface area contributed by atoms with E-state index in [0.29, 0.717) is 0 Å². The van der Waals surface area contributed by atoms with Gasteiger partial charge in [0.2, 0.25) is 0 Å².